The van der Waals surface area contributed by atoms with Crippen LogP contribution in [0, 0.1) is 12.8 Å². The third-order valence-electron chi connectivity index (χ3n) is 3.04. The lowest BCUT2D eigenvalue weighted by molar-refractivity contribution is 0.126. The fraction of sp³-hybridized carbons (Fsp3) is 0.533. The Morgan fingerprint density at radius 1 is 1.53 bits per heavy atom. The van der Waals surface area contributed by atoms with Crippen LogP contribution in [-0.4, -0.2) is 19.3 Å². The summed E-state index contributed by atoms with van der Waals surface area (Å²) in [6.45, 7) is 7.12. The lowest BCUT2D eigenvalue weighted by atomic mass is 9.99. The number of fused-ring (bicyclic) bond motifs is 1. The second kappa shape index (κ2) is 5.95. The minimum absolute atomic E-state index is 0.0247. The van der Waals surface area contributed by atoms with E-state index < -0.39 is 0 Å². The average molecular weight is 263 g/mol. The molecule has 0 spiro atoms. The fourth-order valence-corrected chi connectivity index (χ4v) is 2.09. The summed E-state index contributed by atoms with van der Waals surface area (Å²) in [5.41, 5.74) is 2.19. The predicted molar refractivity (Wildman–Crippen MR) is 73.4 cm³/mol. The van der Waals surface area contributed by atoms with Crippen LogP contribution in [0.15, 0.2) is 18.2 Å². The van der Waals surface area contributed by atoms with E-state index in [0.29, 0.717) is 19.1 Å². The molecule has 104 valence electrons. The van der Waals surface area contributed by atoms with Gasteiger partial charge in [0.25, 0.3) is 0 Å². The Bertz CT molecular complexity index is 457. The molecule has 0 aromatic heterocycles. The average Bonchev–Trinajstić information content (AvgIpc) is 2.37. The molecule has 0 bridgehead atoms. The maximum absolute atomic E-state index is 11.7. The molecule has 0 saturated carbocycles. The van der Waals surface area contributed by atoms with Crippen molar-refractivity contribution in [2.24, 2.45) is 5.92 Å². The van der Waals surface area contributed by atoms with E-state index in [1.54, 1.807) is 0 Å². The first-order chi connectivity index (χ1) is 9.06. The van der Waals surface area contributed by atoms with Crippen LogP contribution < -0.4 is 10.1 Å². The summed E-state index contributed by atoms with van der Waals surface area (Å²) in [6, 6.07) is 6.00. The van der Waals surface area contributed by atoms with Crippen LogP contribution in [0.25, 0.3) is 0 Å². The molecule has 0 fully saturated rings. The summed E-state index contributed by atoms with van der Waals surface area (Å²) in [6.07, 6.45) is 0.417. The van der Waals surface area contributed by atoms with Crippen molar-refractivity contribution in [2.45, 2.75) is 33.2 Å². The van der Waals surface area contributed by atoms with Gasteiger partial charge in [-0.2, -0.15) is 0 Å². The Labute approximate surface area is 114 Å². The number of ether oxygens (including phenoxy) is 2. The molecule has 1 aliphatic heterocycles. The maximum atomic E-state index is 11.7. The highest BCUT2D eigenvalue weighted by Crippen LogP contribution is 2.32. The van der Waals surface area contributed by atoms with Gasteiger partial charge in [0.15, 0.2) is 0 Å². The Hall–Kier alpha value is -1.71. The van der Waals surface area contributed by atoms with Crippen LogP contribution in [0.4, 0.5) is 4.79 Å². The number of hydrogen-bond donors (Lipinski definition) is 1. The van der Waals surface area contributed by atoms with Crippen molar-refractivity contribution in [3.05, 3.63) is 29.3 Å². The van der Waals surface area contributed by atoms with Crippen molar-refractivity contribution in [2.75, 3.05) is 13.2 Å². The van der Waals surface area contributed by atoms with E-state index in [2.05, 4.69) is 11.4 Å². The fourth-order valence-electron chi connectivity index (χ4n) is 2.09. The van der Waals surface area contributed by atoms with Crippen LogP contribution in [0.2, 0.25) is 0 Å². The standard InChI is InChI=1S/C15H21NO3/c1-10(2)9-19-15(17)16-13-6-7-18-14-5-4-11(3)8-12(13)14/h4-5,8,10,13H,6-7,9H2,1-3H3,(H,16,17). The Balaban J connectivity index is 2.03. The predicted octanol–water partition coefficient (Wildman–Crippen LogP) is 3.20. The smallest absolute Gasteiger partial charge is 0.407 e. The SMILES string of the molecule is Cc1ccc2c(c1)C(NC(=O)OCC(C)C)CCO2. The van der Waals surface area contributed by atoms with Crippen LogP contribution in [0.5, 0.6) is 5.75 Å². The second-order valence-electron chi connectivity index (χ2n) is 5.37. The number of aryl methyl sites for hydroxylation is 1. The molecule has 1 amide bonds. The molecule has 4 nitrogen and oxygen atoms in total. The number of amides is 1. The van der Waals surface area contributed by atoms with Gasteiger partial charge >= 0.3 is 6.09 Å². The molecule has 1 heterocycles. The van der Waals surface area contributed by atoms with Gasteiger partial charge < -0.3 is 14.8 Å². The van der Waals surface area contributed by atoms with Crippen molar-refractivity contribution in [3.8, 4) is 5.75 Å². The van der Waals surface area contributed by atoms with Crippen molar-refractivity contribution in [3.63, 3.8) is 0 Å². The zero-order valence-electron chi connectivity index (χ0n) is 11.7. The van der Waals surface area contributed by atoms with E-state index in [1.165, 1.54) is 0 Å². The third-order valence-corrected chi connectivity index (χ3v) is 3.04. The number of rotatable bonds is 3. The van der Waals surface area contributed by atoms with Gasteiger partial charge in [0.2, 0.25) is 0 Å². The van der Waals surface area contributed by atoms with E-state index in [-0.39, 0.29) is 12.1 Å². The van der Waals surface area contributed by atoms with E-state index >= 15 is 0 Å². The van der Waals surface area contributed by atoms with E-state index in [9.17, 15) is 4.79 Å². The number of hydrogen-bond acceptors (Lipinski definition) is 3. The summed E-state index contributed by atoms with van der Waals surface area (Å²) in [5.74, 6) is 1.20. The molecule has 19 heavy (non-hydrogen) atoms. The molecule has 0 radical (unpaired) electrons. The molecule has 1 N–H and O–H groups in total. The normalized spacial score (nSPS) is 17.6. The molecule has 0 aliphatic carbocycles. The van der Waals surface area contributed by atoms with Gasteiger partial charge in [0.05, 0.1) is 19.3 Å². The molecule has 1 aliphatic rings. The van der Waals surface area contributed by atoms with Gasteiger partial charge in [-0.1, -0.05) is 31.5 Å². The van der Waals surface area contributed by atoms with Crippen LogP contribution >= 0.6 is 0 Å². The van der Waals surface area contributed by atoms with E-state index in [1.807, 2.05) is 32.9 Å². The first-order valence-electron chi connectivity index (χ1n) is 6.73. The summed E-state index contributed by atoms with van der Waals surface area (Å²) in [7, 11) is 0. The van der Waals surface area contributed by atoms with Gasteiger partial charge in [-0.3, -0.25) is 0 Å². The largest absolute Gasteiger partial charge is 0.493 e. The summed E-state index contributed by atoms with van der Waals surface area (Å²) in [5, 5.41) is 2.92. The van der Waals surface area contributed by atoms with Gasteiger partial charge in [-0.05, 0) is 18.9 Å². The molecule has 2 rings (SSSR count). The van der Waals surface area contributed by atoms with Crippen molar-refractivity contribution >= 4 is 6.09 Å². The molecule has 1 aromatic carbocycles. The van der Waals surface area contributed by atoms with E-state index in [4.69, 9.17) is 9.47 Å². The summed E-state index contributed by atoms with van der Waals surface area (Å²) in [4.78, 5) is 11.7. The topological polar surface area (TPSA) is 47.6 Å². The highest BCUT2D eigenvalue weighted by molar-refractivity contribution is 5.68. The number of carbonyl (C=O) groups excluding carboxylic acids is 1. The molecule has 4 heteroatoms. The highest BCUT2D eigenvalue weighted by atomic mass is 16.5. The van der Waals surface area contributed by atoms with Crippen molar-refractivity contribution < 1.29 is 14.3 Å². The molecular weight excluding hydrogens is 242 g/mol. The first-order valence-corrected chi connectivity index (χ1v) is 6.73. The van der Waals surface area contributed by atoms with Crippen LogP contribution in [0.1, 0.15) is 37.4 Å². The minimum Gasteiger partial charge on any atom is -0.493 e. The van der Waals surface area contributed by atoms with Crippen molar-refractivity contribution in [1.29, 1.82) is 0 Å². The third kappa shape index (κ3) is 3.63. The monoisotopic (exact) mass is 263 g/mol. The van der Waals surface area contributed by atoms with Crippen LogP contribution in [0.3, 0.4) is 0 Å². The lowest BCUT2D eigenvalue weighted by Crippen LogP contribution is -2.33. The zero-order valence-corrected chi connectivity index (χ0v) is 11.7. The Kier molecular flexibility index (Phi) is 4.30. The van der Waals surface area contributed by atoms with Gasteiger partial charge in [-0.25, -0.2) is 4.79 Å². The lowest BCUT2D eigenvalue weighted by Gasteiger charge is -2.26. The molecular formula is C15H21NO3. The molecule has 1 unspecified atom stereocenters. The van der Waals surface area contributed by atoms with E-state index in [0.717, 1.165) is 23.3 Å². The van der Waals surface area contributed by atoms with Crippen LogP contribution in [-0.2, 0) is 4.74 Å². The van der Waals surface area contributed by atoms with Crippen molar-refractivity contribution in [1.82, 2.24) is 5.32 Å². The molecule has 0 saturated heterocycles. The maximum Gasteiger partial charge on any atom is 0.407 e. The zero-order chi connectivity index (χ0) is 13.8. The molecule has 1 atom stereocenters. The Morgan fingerprint density at radius 3 is 3.05 bits per heavy atom. The minimum atomic E-state index is -0.354. The van der Waals surface area contributed by atoms with Gasteiger partial charge in [-0.15, -0.1) is 0 Å². The van der Waals surface area contributed by atoms with Gasteiger partial charge in [0, 0.05) is 12.0 Å². The summed E-state index contributed by atoms with van der Waals surface area (Å²) >= 11 is 0. The second-order valence-corrected chi connectivity index (χ2v) is 5.37. The number of carbonyl (C=O) groups is 1. The first kappa shape index (κ1) is 13.7. The highest BCUT2D eigenvalue weighted by Gasteiger charge is 2.23. The number of benzene rings is 1. The number of alkyl carbamates (subject to hydrolysis) is 1. The Morgan fingerprint density at radius 2 is 2.32 bits per heavy atom. The summed E-state index contributed by atoms with van der Waals surface area (Å²) < 4.78 is 10.8. The molecule has 1 aromatic rings. The van der Waals surface area contributed by atoms with Gasteiger partial charge in [0.1, 0.15) is 5.75 Å². The quantitative estimate of drug-likeness (QED) is 0.911. The number of nitrogens with one attached hydrogen (secondary N) is 1.